The molecule has 1 aromatic heterocycles. The summed E-state index contributed by atoms with van der Waals surface area (Å²) in [5.74, 6) is 0.566. The van der Waals surface area contributed by atoms with Gasteiger partial charge in [0, 0.05) is 30.7 Å². The van der Waals surface area contributed by atoms with Gasteiger partial charge in [-0.2, -0.15) is 0 Å². The summed E-state index contributed by atoms with van der Waals surface area (Å²) in [6.07, 6.45) is 0. The Morgan fingerprint density at radius 1 is 1.03 bits per heavy atom. The Balaban J connectivity index is 1.55. The molecule has 33 heavy (non-hydrogen) atoms. The highest BCUT2D eigenvalue weighted by atomic mass is 35.5. The van der Waals surface area contributed by atoms with Gasteiger partial charge in [0.25, 0.3) is 5.91 Å². The third kappa shape index (κ3) is 6.88. The van der Waals surface area contributed by atoms with Crippen molar-refractivity contribution >= 4 is 46.5 Å². The number of rotatable bonds is 11. The molecule has 1 amide bonds. The number of hydrogen-bond donors (Lipinski definition) is 3. The summed E-state index contributed by atoms with van der Waals surface area (Å²) in [5, 5.41) is 14.1. The zero-order valence-corrected chi connectivity index (χ0v) is 19.9. The van der Waals surface area contributed by atoms with Crippen LogP contribution in [0.25, 0.3) is 0 Å². The molecule has 0 aliphatic rings. The van der Waals surface area contributed by atoms with E-state index in [1.165, 1.54) is 0 Å². The van der Waals surface area contributed by atoms with Crippen LogP contribution in [0.2, 0.25) is 15.1 Å². The number of nitrogens with one attached hydrogen (secondary N) is 2. The Kier molecular flexibility index (Phi) is 9.02. The number of hydrogen-bond acceptors (Lipinski definition) is 8. The monoisotopic (exact) mass is 513 g/mol. The molecule has 0 bridgehead atoms. The minimum Gasteiger partial charge on any atom is -0.490 e. The molecule has 4 N–H and O–H groups in total. The van der Waals surface area contributed by atoms with Crippen LogP contribution in [0, 0.1) is 0 Å². The Morgan fingerprint density at radius 2 is 1.82 bits per heavy atom. The number of anilines is 1. The second kappa shape index (κ2) is 11.9. The molecule has 2 aromatic carbocycles. The van der Waals surface area contributed by atoms with Crippen LogP contribution in [0.5, 0.6) is 11.5 Å². The van der Waals surface area contributed by atoms with Gasteiger partial charge in [-0.25, -0.2) is 4.63 Å². The molecule has 9 nitrogen and oxygen atoms in total. The number of nitrogens with zero attached hydrogens (tertiary/aromatic N) is 2. The van der Waals surface area contributed by atoms with Gasteiger partial charge in [-0.05, 0) is 46.6 Å². The number of amides is 1. The van der Waals surface area contributed by atoms with Gasteiger partial charge in [-0.3, -0.25) is 4.79 Å². The van der Waals surface area contributed by atoms with Crippen LogP contribution in [0.3, 0.4) is 0 Å². The number of benzene rings is 2. The van der Waals surface area contributed by atoms with Gasteiger partial charge in [-0.1, -0.05) is 40.9 Å². The van der Waals surface area contributed by atoms with Crippen molar-refractivity contribution in [3.63, 3.8) is 0 Å². The normalized spacial score (nSPS) is 10.8. The van der Waals surface area contributed by atoms with E-state index in [1.54, 1.807) is 18.2 Å². The molecule has 176 valence electrons. The van der Waals surface area contributed by atoms with E-state index in [1.807, 2.05) is 19.1 Å². The van der Waals surface area contributed by atoms with Crippen LogP contribution in [0.1, 0.15) is 28.5 Å². The first kappa shape index (κ1) is 24.9. The molecule has 0 aliphatic heterocycles. The fourth-order valence-electron chi connectivity index (χ4n) is 2.81. The number of halogens is 3. The Bertz CT molecular complexity index is 1110. The fraction of sp³-hybridized carbons (Fsp3) is 0.286. The first-order valence-corrected chi connectivity index (χ1v) is 11.1. The van der Waals surface area contributed by atoms with E-state index in [0.29, 0.717) is 52.8 Å². The molecule has 3 rings (SSSR count). The maximum Gasteiger partial charge on any atom is 0.277 e. The average Bonchev–Trinajstić information content (AvgIpc) is 3.22. The predicted octanol–water partition coefficient (Wildman–Crippen LogP) is 4.11. The van der Waals surface area contributed by atoms with Crippen molar-refractivity contribution < 1.29 is 18.9 Å². The van der Waals surface area contributed by atoms with Crippen molar-refractivity contribution in [2.24, 2.45) is 0 Å². The summed E-state index contributed by atoms with van der Waals surface area (Å²) in [6, 6.07) is 8.83. The Hall–Kier alpha value is -2.72. The zero-order chi connectivity index (χ0) is 23.8. The topological polar surface area (TPSA) is 125 Å². The van der Waals surface area contributed by atoms with E-state index < -0.39 is 5.91 Å². The molecule has 1 heterocycles. The number of ether oxygens (including phenoxy) is 2. The summed E-state index contributed by atoms with van der Waals surface area (Å²) in [4.78, 5) is 11.9. The molecule has 0 atom stereocenters. The van der Waals surface area contributed by atoms with Crippen molar-refractivity contribution in [3.05, 3.63) is 62.2 Å². The second-order valence-corrected chi connectivity index (χ2v) is 8.01. The first-order chi connectivity index (χ1) is 15.9. The number of aromatic nitrogens is 2. The standard InChI is InChI=1S/C21H22Cl3N5O4/c1-2-31-17-8-13(10-26-5-6-27-21(30)19-20(25)29-33-28-19)15(23)9-18(17)32-11-12-3-4-14(22)16(24)7-12/h3-4,7-9,26H,2,5-6,10-11H2,1H3,(H2,25,29)(H,27,30). The van der Waals surface area contributed by atoms with Crippen molar-refractivity contribution in [1.29, 1.82) is 0 Å². The van der Waals surface area contributed by atoms with Crippen molar-refractivity contribution in [2.45, 2.75) is 20.1 Å². The van der Waals surface area contributed by atoms with Gasteiger partial charge < -0.3 is 25.8 Å². The van der Waals surface area contributed by atoms with Crippen molar-refractivity contribution in [3.8, 4) is 11.5 Å². The second-order valence-electron chi connectivity index (χ2n) is 6.79. The van der Waals surface area contributed by atoms with Crippen LogP contribution in [-0.4, -0.2) is 35.9 Å². The molecule has 0 saturated carbocycles. The van der Waals surface area contributed by atoms with Crippen LogP contribution in [0.15, 0.2) is 35.0 Å². The lowest BCUT2D eigenvalue weighted by Crippen LogP contribution is -2.32. The van der Waals surface area contributed by atoms with Gasteiger partial charge in [-0.15, -0.1) is 0 Å². The smallest absolute Gasteiger partial charge is 0.277 e. The maximum absolute atomic E-state index is 11.9. The minimum absolute atomic E-state index is 0.0455. The van der Waals surface area contributed by atoms with E-state index in [0.717, 1.165) is 11.1 Å². The lowest BCUT2D eigenvalue weighted by Gasteiger charge is -2.15. The molecule has 0 saturated heterocycles. The summed E-state index contributed by atoms with van der Waals surface area (Å²) >= 11 is 18.5. The summed E-state index contributed by atoms with van der Waals surface area (Å²) in [5.41, 5.74) is 7.12. The number of carbonyl (C=O) groups excluding carboxylic acids is 1. The molecule has 12 heteroatoms. The summed E-state index contributed by atoms with van der Waals surface area (Å²) in [6.45, 7) is 3.89. The number of nitrogens with two attached hydrogens (primary N) is 1. The quantitative estimate of drug-likeness (QED) is 0.327. The highest BCUT2D eigenvalue weighted by Gasteiger charge is 2.15. The average molecular weight is 515 g/mol. The highest BCUT2D eigenvalue weighted by molar-refractivity contribution is 6.42. The number of nitrogen functional groups attached to an aromatic ring is 1. The van der Waals surface area contributed by atoms with E-state index in [-0.39, 0.29) is 18.1 Å². The summed E-state index contributed by atoms with van der Waals surface area (Å²) < 4.78 is 16.0. The highest BCUT2D eigenvalue weighted by Crippen LogP contribution is 2.34. The largest absolute Gasteiger partial charge is 0.490 e. The third-order valence-electron chi connectivity index (χ3n) is 4.42. The zero-order valence-electron chi connectivity index (χ0n) is 17.7. The molecule has 0 spiro atoms. The molecular weight excluding hydrogens is 493 g/mol. The first-order valence-electron chi connectivity index (χ1n) is 9.98. The molecule has 0 fully saturated rings. The third-order valence-corrected chi connectivity index (χ3v) is 5.51. The Labute approximate surface area is 205 Å². The van der Waals surface area contributed by atoms with Crippen LogP contribution >= 0.6 is 34.8 Å². The van der Waals surface area contributed by atoms with Gasteiger partial charge >= 0.3 is 0 Å². The minimum atomic E-state index is -0.462. The molecule has 0 aliphatic carbocycles. The van der Waals surface area contributed by atoms with Crippen molar-refractivity contribution in [2.75, 3.05) is 25.4 Å². The number of carbonyl (C=O) groups is 1. The molecule has 0 radical (unpaired) electrons. The molecule has 0 unspecified atom stereocenters. The predicted molar refractivity (Wildman–Crippen MR) is 126 cm³/mol. The van der Waals surface area contributed by atoms with Gasteiger partial charge in [0.05, 0.1) is 16.7 Å². The lowest BCUT2D eigenvalue weighted by atomic mass is 10.2. The van der Waals surface area contributed by atoms with E-state index in [9.17, 15) is 4.79 Å². The van der Waals surface area contributed by atoms with Gasteiger partial charge in [0.15, 0.2) is 11.5 Å². The molecular formula is C21H22Cl3N5O4. The maximum atomic E-state index is 11.9. The molecule has 3 aromatic rings. The van der Waals surface area contributed by atoms with E-state index in [4.69, 9.17) is 50.0 Å². The lowest BCUT2D eigenvalue weighted by molar-refractivity contribution is 0.0944. The van der Waals surface area contributed by atoms with Gasteiger partial charge in [0.1, 0.15) is 6.61 Å². The van der Waals surface area contributed by atoms with Crippen LogP contribution < -0.4 is 25.8 Å². The summed E-state index contributed by atoms with van der Waals surface area (Å²) in [7, 11) is 0. The van der Waals surface area contributed by atoms with E-state index in [2.05, 4.69) is 25.6 Å². The van der Waals surface area contributed by atoms with Crippen LogP contribution in [0.4, 0.5) is 5.82 Å². The Morgan fingerprint density at radius 3 is 2.52 bits per heavy atom. The SMILES string of the molecule is CCOc1cc(CNCCNC(=O)c2nonc2N)c(Cl)cc1OCc1ccc(Cl)c(Cl)c1. The fourth-order valence-corrected chi connectivity index (χ4v) is 3.35. The van der Waals surface area contributed by atoms with Crippen molar-refractivity contribution in [1.82, 2.24) is 20.9 Å². The van der Waals surface area contributed by atoms with Gasteiger partial charge in [0.2, 0.25) is 11.5 Å². The van der Waals surface area contributed by atoms with Crippen LogP contribution in [-0.2, 0) is 13.2 Å². The van der Waals surface area contributed by atoms with E-state index >= 15 is 0 Å².